The van der Waals surface area contributed by atoms with Crippen molar-refractivity contribution in [2.75, 3.05) is 7.11 Å². The van der Waals surface area contributed by atoms with Crippen LogP contribution in [0.2, 0.25) is 0 Å². The molecule has 1 N–H and O–H groups in total. The first-order valence-electron chi connectivity index (χ1n) is 8.69. The second-order valence-corrected chi connectivity index (χ2v) is 11.7. The van der Waals surface area contributed by atoms with E-state index in [1.165, 1.54) is 19.2 Å². The van der Waals surface area contributed by atoms with E-state index in [0.717, 1.165) is 12.1 Å². The van der Waals surface area contributed by atoms with E-state index in [0.29, 0.717) is 9.79 Å². The summed E-state index contributed by atoms with van der Waals surface area (Å²) < 4.78 is 116. The van der Waals surface area contributed by atoms with Crippen LogP contribution in [0.25, 0.3) is 0 Å². The number of hydrogen-bond acceptors (Lipinski definition) is 7. The van der Waals surface area contributed by atoms with Crippen LogP contribution in [0, 0.1) is 0 Å². The fourth-order valence-corrected chi connectivity index (χ4v) is 6.43. The molecule has 8 nitrogen and oxygen atoms in total. The van der Waals surface area contributed by atoms with E-state index in [2.05, 4.69) is 4.18 Å². The fraction of sp³-hybridized carbons (Fsp3) is 0.278. The molecule has 0 aliphatic heterocycles. The summed E-state index contributed by atoms with van der Waals surface area (Å²) in [4.78, 5) is 13.2. The molecule has 0 aliphatic rings. The van der Waals surface area contributed by atoms with Crippen molar-refractivity contribution in [2.24, 2.45) is 0 Å². The lowest BCUT2D eigenvalue weighted by molar-refractivity contribution is -0.139. The maximum Gasteiger partial charge on any atom is 0.460 e. The Labute approximate surface area is 189 Å². The zero-order valence-electron chi connectivity index (χ0n) is 16.8. The highest BCUT2D eigenvalue weighted by atomic mass is 32.2. The number of ether oxygens (including phenoxy) is 1. The monoisotopic (exact) mass is 533 g/mol. The van der Waals surface area contributed by atoms with Gasteiger partial charge in [-0.15, -0.1) is 0 Å². The van der Waals surface area contributed by atoms with Crippen molar-refractivity contribution in [3.05, 3.63) is 54.6 Å². The minimum absolute atomic E-state index is 0.430. The van der Waals surface area contributed by atoms with Gasteiger partial charge < -0.3 is 8.92 Å². The minimum Gasteiger partial charge on any atom is -0.465 e. The number of hydrogen-bond donors (Lipinski definition) is 1. The third kappa shape index (κ3) is 5.26. The van der Waals surface area contributed by atoms with E-state index in [1.807, 2.05) is 0 Å². The summed E-state index contributed by atoms with van der Waals surface area (Å²) in [6.45, 7) is 1.58. The van der Waals surface area contributed by atoms with Crippen LogP contribution in [0.4, 0.5) is 17.6 Å². The van der Waals surface area contributed by atoms with E-state index in [4.69, 9.17) is 9.29 Å². The molecule has 2 atom stereocenters. The second-order valence-electron chi connectivity index (χ2n) is 6.33. The van der Waals surface area contributed by atoms with Crippen LogP contribution in [0.15, 0.2) is 64.4 Å². The minimum atomic E-state index is -6.79. The molecule has 2 rings (SSSR count). The zero-order valence-corrected chi connectivity index (χ0v) is 19.3. The maximum absolute atomic E-state index is 13.8. The van der Waals surface area contributed by atoms with Crippen molar-refractivity contribution in [1.29, 1.82) is 0 Å². The lowest BCUT2D eigenvalue weighted by atomic mass is 10.3. The van der Waals surface area contributed by atoms with Gasteiger partial charge in [0, 0.05) is 0 Å². The van der Waals surface area contributed by atoms with Gasteiger partial charge in [0.05, 0.1) is 18.0 Å². The Hall–Kier alpha value is -2.36. The van der Waals surface area contributed by atoms with E-state index >= 15 is 0 Å². The van der Waals surface area contributed by atoms with E-state index in [-0.39, 0.29) is 0 Å². The van der Waals surface area contributed by atoms with Gasteiger partial charge in [0.1, 0.15) is 5.75 Å². The normalized spacial score (nSPS) is 14.9. The maximum atomic E-state index is 13.8. The molecular formula is C18H17F4O8S3+. The van der Waals surface area contributed by atoms with Crippen molar-refractivity contribution in [3.63, 3.8) is 0 Å². The molecule has 0 heterocycles. The molecule has 2 aromatic rings. The highest BCUT2D eigenvalue weighted by molar-refractivity contribution is 7.98. The first-order valence-corrected chi connectivity index (χ1v) is 12.8. The first-order chi connectivity index (χ1) is 15.1. The molecule has 0 fully saturated rings. The van der Waals surface area contributed by atoms with Gasteiger partial charge in [-0.2, -0.15) is 34.4 Å². The van der Waals surface area contributed by atoms with Gasteiger partial charge in [-0.3, -0.25) is 4.55 Å². The second kappa shape index (κ2) is 9.48. The molecule has 0 bridgehead atoms. The number of rotatable bonds is 9. The predicted octanol–water partition coefficient (Wildman–Crippen LogP) is 3.07. The molecule has 2 unspecified atom stereocenters. The van der Waals surface area contributed by atoms with Gasteiger partial charge >= 0.3 is 36.7 Å². The Morgan fingerprint density at radius 3 is 1.85 bits per heavy atom. The first kappa shape index (κ1) is 26.9. The summed E-state index contributed by atoms with van der Waals surface area (Å²) in [7, 11) is -13.1. The molecule has 0 radical (unpaired) electrons. The van der Waals surface area contributed by atoms with Crippen LogP contribution >= 0.6 is 0 Å². The largest absolute Gasteiger partial charge is 0.465 e. The lowest BCUT2D eigenvalue weighted by Gasteiger charge is -2.23. The Balaban J connectivity index is 2.41. The van der Waals surface area contributed by atoms with Crippen molar-refractivity contribution < 1.29 is 52.7 Å². The van der Waals surface area contributed by atoms with Gasteiger partial charge in [0.25, 0.3) is 0 Å². The topological polar surface area (TPSA) is 124 Å². The molecule has 0 spiro atoms. The molecule has 0 aliphatic carbocycles. The Kier molecular flexibility index (Phi) is 7.72. The van der Waals surface area contributed by atoms with Gasteiger partial charge in [-0.25, -0.2) is 4.79 Å². The third-order valence-corrected chi connectivity index (χ3v) is 8.93. The van der Waals surface area contributed by atoms with E-state index in [9.17, 15) is 39.2 Å². The van der Waals surface area contributed by atoms with Crippen LogP contribution in [0.3, 0.4) is 0 Å². The molecule has 0 saturated carbocycles. The Morgan fingerprint density at radius 1 is 0.909 bits per heavy atom. The summed E-state index contributed by atoms with van der Waals surface area (Å²) in [6, 6.07) is 12.8. The molecule has 0 aromatic heterocycles. The molecule has 0 amide bonds. The van der Waals surface area contributed by atoms with E-state index in [1.54, 1.807) is 37.3 Å². The summed E-state index contributed by atoms with van der Waals surface area (Å²) >= 11 is 0. The van der Waals surface area contributed by atoms with Crippen LogP contribution in [0.5, 0.6) is 5.75 Å². The number of methoxy groups -OCH3 is 1. The van der Waals surface area contributed by atoms with Crippen molar-refractivity contribution >= 4 is 37.1 Å². The van der Waals surface area contributed by atoms with Crippen LogP contribution in [-0.4, -0.2) is 50.2 Å². The van der Waals surface area contributed by atoms with Crippen molar-refractivity contribution in [2.45, 2.75) is 32.5 Å². The van der Waals surface area contributed by atoms with Crippen molar-refractivity contribution in [1.82, 2.24) is 0 Å². The van der Waals surface area contributed by atoms with Gasteiger partial charge in [0.15, 0.2) is 9.79 Å². The highest BCUT2D eigenvalue weighted by Crippen LogP contribution is 2.43. The number of halogens is 4. The summed E-state index contributed by atoms with van der Waals surface area (Å²) in [5.41, 5.74) is 0. The molecular weight excluding hydrogens is 516 g/mol. The fourth-order valence-electron chi connectivity index (χ4n) is 2.49. The van der Waals surface area contributed by atoms with Crippen LogP contribution < -0.4 is 4.18 Å². The number of carbonyl (C=O) groups is 1. The summed E-state index contributed by atoms with van der Waals surface area (Å²) in [5.74, 6) is -1.40. The van der Waals surface area contributed by atoms with Crippen molar-refractivity contribution in [3.8, 4) is 5.75 Å². The number of alkyl halides is 4. The summed E-state index contributed by atoms with van der Waals surface area (Å²) in [5, 5.41) is -13.4. The van der Waals surface area contributed by atoms with Crippen LogP contribution in [-0.2, 0) is 40.7 Å². The van der Waals surface area contributed by atoms with Gasteiger partial charge in [-0.05, 0) is 43.3 Å². The Bertz CT molecular complexity index is 1200. The quantitative estimate of drug-likeness (QED) is 0.172. The highest BCUT2D eigenvalue weighted by Gasteiger charge is 2.74. The van der Waals surface area contributed by atoms with Crippen LogP contribution in [0.1, 0.15) is 6.92 Å². The summed E-state index contributed by atoms with van der Waals surface area (Å²) in [6.07, 6.45) is 0. The third-order valence-electron chi connectivity index (χ3n) is 4.14. The average molecular weight is 534 g/mol. The molecule has 2 aromatic carbocycles. The standard InChI is InChI=1S/C18H16F4O8S3/c1-12(16(23)29-2)31(14-6-4-3-5-7-14)15-10-8-13(9-11-15)30-33(27,28)18(21,22)17(19,20)32(24,25)26/h3-12H,1-2H3/p+1. The predicted molar refractivity (Wildman–Crippen MR) is 109 cm³/mol. The average Bonchev–Trinajstić information content (AvgIpc) is 2.74. The van der Waals surface area contributed by atoms with E-state index < -0.39 is 58.6 Å². The zero-order chi connectivity index (χ0) is 25.2. The van der Waals surface area contributed by atoms with Gasteiger partial charge in [0.2, 0.25) is 5.25 Å². The lowest BCUT2D eigenvalue weighted by Crippen LogP contribution is -2.53. The number of benzene rings is 2. The van der Waals surface area contributed by atoms with Gasteiger partial charge in [-0.1, -0.05) is 18.2 Å². The number of esters is 1. The number of carbonyl (C=O) groups excluding carboxylic acids is 1. The SMILES string of the molecule is COC(=O)C(C)[S+](c1ccccc1)c1ccc(OS(=O)(=O)C(F)(F)C(F)(F)S(=O)(=O)O)cc1. The smallest absolute Gasteiger partial charge is 0.460 e. The Morgan fingerprint density at radius 2 is 1.39 bits per heavy atom. The molecule has 33 heavy (non-hydrogen) atoms. The molecule has 15 heteroatoms. The molecule has 0 saturated heterocycles. The molecule has 182 valence electrons.